The Morgan fingerprint density at radius 2 is 1.80 bits per heavy atom. The third-order valence-electron chi connectivity index (χ3n) is 6.94. The molecule has 0 bridgehead atoms. The molecule has 1 atom stereocenters. The molecule has 2 N–H and O–H groups in total. The summed E-state index contributed by atoms with van der Waals surface area (Å²) in [6.45, 7) is 8.26. The van der Waals surface area contributed by atoms with Gasteiger partial charge in [-0.15, -0.1) is 0 Å². The molecule has 9 nitrogen and oxygen atoms in total. The van der Waals surface area contributed by atoms with Gasteiger partial charge in [0.1, 0.15) is 11.9 Å². The summed E-state index contributed by atoms with van der Waals surface area (Å²) in [6, 6.07) is 10.7. The van der Waals surface area contributed by atoms with Gasteiger partial charge in [0.25, 0.3) is 5.91 Å². The molecule has 0 fully saturated rings. The van der Waals surface area contributed by atoms with E-state index < -0.39 is 6.04 Å². The van der Waals surface area contributed by atoms with E-state index >= 15 is 0 Å². The Bertz CT molecular complexity index is 1600. The summed E-state index contributed by atoms with van der Waals surface area (Å²) in [5.74, 6) is 0.910. The molecule has 1 amide bonds. The number of fused-ring (bicyclic) bond motifs is 1. The highest BCUT2D eigenvalue weighted by molar-refractivity contribution is 6.31. The van der Waals surface area contributed by atoms with Crippen LogP contribution in [0.4, 0.5) is 11.6 Å². The zero-order valence-corrected chi connectivity index (χ0v) is 24.4. The Hall–Kier alpha value is -3.66. The van der Waals surface area contributed by atoms with Gasteiger partial charge in [-0.2, -0.15) is 4.98 Å². The molecule has 1 aliphatic heterocycles. The van der Waals surface area contributed by atoms with Gasteiger partial charge in [-0.3, -0.25) is 9.69 Å². The predicted molar refractivity (Wildman–Crippen MR) is 157 cm³/mol. The van der Waals surface area contributed by atoms with Gasteiger partial charge in [0.15, 0.2) is 5.69 Å². The van der Waals surface area contributed by atoms with Crippen LogP contribution >= 0.6 is 23.2 Å². The average molecular weight is 582 g/mol. The van der Waals surface area contributed by atoms with Crippen LogP contribution in [0.15, 0.2) is 42.6 Å². The van der Waals surface area contributed by atoms with Crippen LogP contribution in [-0.2, 0) is 0 Å². The van der Waals surface area contributed by atoms with Gasteiger partial charge in [-0.25, -0.2) is 9.97 Å². The fourth-order valence-corrected chi connectivity index (χ4v) is 5.57. The van der Waals surface area contributed by atoms with Crippen molar-refractivity contribution in [3.8, 4) is 17.3 Å². The topological polar surface area (TPSA) is 105 Å². The van der Waals surface area contributed by atoms with Crippen molar-refractivity contribution in [1.29, 1.82) is 0 Å². The van der Waals surface area contributed by atoms with Crippen LogP contribution in [0.1, 0.15) is 58.8 Å². The number of aromatic nitrogens is 4. The van der Waals surface area contributed by atoms with Crippen molar-refractivity contribution >= 4 is 40.7 Å². The van der Waals surface area contributed by atoms with Gasteiger partial charge in [0, 0.05) is 34.5 Å². The second-order valence-electron chi connectivity index (χ2n) is 9.91. The highest BCUT2D eigenvalue weighted by atomic mass is 35.5. The first kappa shape index (κ1) is 27.9. The molecule has 4 aromatic rings. The third-order valence-corrected chi connectivity index (χ3v) is 7.41. The highest BCUT2D eigenvalue weighted by Gasteiger charge is 2.46. The molecule has 0 spiro atoms. The number of benzene rings is 2. The molecular formula is C29H30Cl2N6O3. The smallest absolute Gasteiger partial charge is 0.279 e. The van der Waals surface area contributed by atoms with Crippen LogP contribution in [0.25, 0.3) is 11.4 Å². The summed E-state index contributed by atoms with van der Waals surface area (Å²) in [7, 11) is 1.52. The number of methoxy groups -OCH3 is 1. The molecule has 2 aromatic heterocycles. The predicted octanol–water partition coefficient (Wildman–Crippen LogP) is 6.01. The van der Waals surface area contributed by atoms with Crippen molar-refractivity contribution in [2.45, 2.75) is 39.8 Å². The number of carbonyl (C=O) groups excluding carboxylic acids is 1. The van der Waals surface area contributed by atoms with Crippen molar-refractivity contribution in [2.75, 3.05) is 30.5 Å². The molecule has 1 aliphatic rings. The van der Waals surface area contributed by atoms with Gasteiger partial charge in [0.2, 0.25) is 11.8 Å². The number of aliphatic hydroxyl groups is 1. The van der Waals surface area contributed by atoms with Gasteiger partial charge in [0.05, 0.1) is 25.0 Å². The van der Waals surface area contributed by atoms with Crippen LogP contribution < -0.4 is 15.0 Å². The first-order chi connectivity index (χ1) is 19.2. The number of ether oxygens (including phenoxy) is 1. The van der Waals surface area contributed by atoms with E-state index in [9.17, 15) is 4.79 Å². The molecule has 0 radical (unpaired) electrons. The standard InChI is InChI=1S/C29H30Cl2N6O3/c1-15(2)36-25-23(34-26(36)21-14-33-29(32-10-11-38)35-27(21)40-5)28(39)37(22-13-19(31)7-6-16(22)3)24(25)20-9-8-18(30)12-17(20)4/h6-9,12-15,24,38H,10-11H2,1-5H3,(H,32,33,35). The van der Waals surface area contributed by atoms with Crippen LogP contribution in [0.2, 0.25) is 10.0 Å². The molecule has 40 heavy (non-hydrogen) atoms. The fourth-order valence-electron chi connectivity index (χ4n) is 5.18. The van der Waals surface area contributed by atoms with E-state index in [0.717, 1.165) is 22.4 Å². The SMILES string of the molecule is COc1nc(NCCO)ncc1-c1nc2c(n1C(C)C)C(c1ccc(Cl)cc1C)N(c1cc(Cl)ccc1C)C2=O. The van der Waals surface area contributed by atoms with Crippen LogP contribution in [0.3, 0.4) is 0 Å². The first-order valence-corrected chi connectivity index (χ1v) is 13.7. The van der Waals surface area contributed by atoms with Crippen LogP contribution in [-0.4, -0.2) is 50.8 Å². The zero-order valence-electron chi connectivity index (χ0n) is 22.9. The van der Waals surface area contributed by atoms with Crippen molar-refractivity contribution in [3.05, 3.63) is 80.7 Å². The lowest BCUT2D eigenvalue weighted by Gasteiger charge is -2.30. The summed E-state index contributed by atoms with van der Waals surface area (Å²) in [6.07, 6.45) is 1.62. The molecule has 11 heteroatoms. The number of aryl methyl sites for hydroxylation is 2. The second-order valence-corrected chi connectivity index (χ2v) is 10.8. The van der Waals surface area contributed by atoms with E-state index in [0.29, 0.717) is 51.2 Å². The number of hydrogen-bond acceptors (Lipinski definition) is 7. The van der Waals surface area contributed by atoms with E-state index in [1.54, 1.807) is 11.1 Å². The molecule has 208 valence electrons. The summed E-state index contributed by atoms with van der Waals surface area (Å²) in [5.41, 5.74) is 5.14. The van der Waals surface area contributed by atoms with E-state index in [1.165, 1.54) is 7.11 Å². The third kappa shape index (κ3) is 4.78. The van der Waals surface area contributed by atoms with Crippen molar-refractivity contribution in [3.63, 3.8) is 0 Å². The second kappa shape index (κ2) is 11.1. The first-order valence-electron chi connectivity index (χ1n) is 12.9. The Balaban J connectivity index is 1.76. The Labute approximate surface area is 242 Å². The molecule has 2 aromatic carbocycles. The lowest BCUT2D eigenvalue weighted by atomic mass is 9.97. The maximum Gasteiger partial charge on any atom is 0.279 e. The molecule has 1 unspecified atom stereocenters. The van der Waals surface area contributed by atoms with E-state index in [2.05, 4.69) is 15.3 Å². The number of rotatable bonds is 8. The van der Waals surface area contributed by atoms with E-state index in [4.69, 9.17) is 38.0 Å². The molecule has 0 saturated carbocycles. The quantitative estimate of drug-likeness (QED) is 0.263. The van der Waals surface area contributed by atoms with Crippen molar-refractivity contribution < 1.29 is 14.6 Å². The van der Waals surface area contributed by atoms with Gasteiger partial charge >= 0.3 is 0 Å². The van der Waals surface area contributed by atoms with E-state index in [1.807, 2.05) is 68.7 Å². The number of carbonyl (C=O) groups is 1. The normalized spacial score (nSPS) is 14.7. The lowest BCUT2D eigenvalue weighted by molar-refractivity contribution is 0.0989. The summed E-state index contributed by atoms with van der Waals surface area (Å²) < 4.78 is 7.66. The minimum absolute atomic E-state index is 0.0614. The molecule has 5 rings (SSSR count). The summed E-state index contributed by atoms with van der Waals surface area (Å²) in [5, 5.41) is 13.2. The zero-order chi connectivity index (χ0) is 28.7. The highest BCUT2D eigenvalue weighted by Crippen LogP contribution is 2.47. The molecule has 0 saturated heterocycles. The maximum atomic E-state index is 14.3. The largest absolute Gasteiger partial charge is 0.480 e. The number of amides is 1. The Kier molecular flexibility index (Phi) is 7.72. The number of anilines is 2. The van der Waals surface area contributed by atoms with Gasteiger partial charge < -0.3 is 19.7 Å². The monoisotopic (exact) mass is 580 g/mol. The van der Waals surface area contributed by atoms with Crippen LogP contribution in [0.5, 0.6) is 5.88 Å². The number of nitrogens with one attached hydrogen (secondary N) is 1. The molecular weight excluding hydrogens is 551 g/mol. The summed E-state index contributed by atoms with van der Waals surface area (Å²) >= 11 is 12.7. The number of halogens is 2. The Morgan fingerprint density at radius 3 is 2.48 bits per heavy atom. The fraction of sp³-hybridized carbons (Fsp3) is 0.310. The number of aliphatic hydroxyl groups excluding tert-OH is 1. The maximum absolute atomic E-state index is 14.3. The number of nitrogens with zero attached hydrogens (tertiary/aromatic N) is 5. The minimum atomic E-state index is -0.488. The van der Waals surface area contributed by atoms with Crippen molar-refractivity contribution in [1.82, 2.24) is 19.5 Å². The molecule has 3 heterocycles. The summed E-state index contributed by atoms with van der Waals surface area (Å²) in [4.78, 5) is 29.8. The Morgan fingerprint density at radius 1 is 1.07 bits per heavy atom. The van der Waals surface area contributed by atoms with Gasteiger partial charge in [-0.1, -0.05) is 35.3 Å². The van der Waals surface area contributed by atoms with Crippen LogP contribution in [0, 0.1) is 13.8 Å². The number of imidazole rings is 1. The lowest BCUT2D eigenvalue weighted by Crippen LogP contribution is -2.31. The average Bonchev–Trinajstić information content (AvgIpc) is 3.44. The van der Waals surface area contributed by atoms with Crippen molar-refractivity contribution in [2.24, 2.45) is 0 Å². The van der Waals surface area contributed by atoms with E-state index in [-0.39, 0.29) is 18.6 Å². The number of hydrogen-bond donors (Lipinski definition) is 2. The minimum Gasteiger partial charge on any atom is -0.480 e. The molecule has 0 aliphatic carbocycles. The van der Waals surface area contributed by atoms with Gasteiger partial charge in [-0.05, 0) is 68.7 Å².